The van der Waals surface area contributed by atoms with Gasteiger partial charge in [-0.25, -0.2) is 4.98 Å². The molecular formula is C19H23N3O3. The molecule has 5 rings (SSSR count). The summed E-state index contributed by atoms with van der Waals surface area (Å²) in [4.78, 5) is 17.7. The van der Waals surface area contributed by atoms with E-state index in [1.54, 1.807) is 0 Å². The Morgan fingerprint density at radius 1 is 1.24 bits per heavy atom. The van der Waals surface area contributed by atoms with Crippen molar-refractivity contribution in [3.05, 3.63) is 23.0 Å². The number of carbonyl (C=O) groups excluding carboxylic acids is 1. The van der Waals surface area contributed by atoms with E-state index in [-0.39, 0.29) is 11.9 Å². The molecule has 3 fully saturated rings. The number of hydrogen-bond donors (Lipinski definition) is 1. The molecule has 0 aromatic carbocycles. The number of rotatable bonds is 3. The Labute approximate surface area is 146 Å². The number of carbonyl (C=O) groups is 1. The Bertz CT molecular complexity index is 827. The molecule has 2 aliphatic carbocycles. The van der Waals surface area contributed by atoms with Gasteiger partial charge in [0.05, 0.1) is 22.7 Å². The summed E-state index contributed by atoms with van der Waals surface area (Å²) in [6, 6.07) is 2.15. The van der Waals surface area contributed by atoms with E-state index in [4.69, 9.17) is 9.26 Å². The molecule has 1 amide bonds. The lowest BCUT2D eigenvalue weighted by atomic mass is 9.81. The van der Waals surface area contributed by atoms with Crippen molar-refractivity contribution >= 4 is 17.0 Å². The Kier molecular flexibility index (Phi) is 3.55. The van der Waals surface area contributed by atoms with E-state index >= 15 is 0 Å². The number of pyridine rings is 1. The second kappa shape index (κ2) is 5.80. The minimum atomic E-state index is -0.0295. The highest BCUT2D eigenvalue weighted by Gasteiger charge is 2.38. The van der Waals surface area contributed by atoms with Gasteiger partial charge < -0.3 is 14.6 Å². The van der Waals surface area contributed by atoms with Gasteiger partial charge in [-0.1, -0.05) is 5.16 Å². The number of aryl methyl sites for hydroxylation is 1. The maximum Gasteiger partial charge on any atom is 0.259 e. The van der Waals surface area contributed by atoms with Crippen LogP contribution in [0.25, 0.3) is 11.1 Å². The summed E-state index contributed by atoms with van der Waals surface area (Å²) in [5, 5.41) is 8.06. The first-order chi connectivity index (χ1) is 12.2. The van der Waals surface area contributed by atoms with Gasteiger partial charge in [0, 0.05) is 30.2 Å². The van der Waals surface area contributed by atoms with Crippen LogP contribution in [0.2, 0.25) is 0 Å². The summed E-state index contributed by atoms with van der Waals surface area (Å²) in [7, 11) is 0. The molecule has 2 aromatic heterocycles. The fraction of sp³-hybridized carbons (Fsp3) is 0.632. The van der Waals surface area contributed by atoms with Crippen LogP contribution >= 0.6 is 0 Å². The molecule has 25 heavy (non-hydrogen) atoms. The molecule has 6 nitrogen and oxygen atoms in total. The van der Waals surface area contributed by atoms with Gasteiger partial charge in [-0.3, -0.25) is 4.79 Å². The van der Waals surface area contributed by atoms with Crippen molar-refractivity contribution in [3.63, 3.8) is 0 Å². The quantitative estimate of drug-likeness (QED) is 0.928. The van der Waals surface area contributed by atoms with Crippen LogP contribution < -0.4 is 5.32 Å². The Morgan fingerprint density at radius 2 is 2.12 bits per heavy atom. The first-order valence-electron chi connectivity index (χ1n) is 9.40. The van der Waals surface area contributed by atoms with E-state index < -0.39 is 0 Å². The van der Waals surface area contributed by atoms with Crippen LogP contribution in [-0.2, 0) is 4.74 Å². The molecule has 3 aliphatic rings. The maximum absolute atomic E-state index is 13.1. The largest absolute Gasteiger partial charge is 0.378 e. The molecule has 3 atom stereocenters. The van der Waals surface area contributed by atoms with Crippen molar-refractivity contribution in [1.29, 1.82) is 0 Å². The molecule has 2 saturated carbocycles. The highest BCUT2D eigenvalue weighted by atomic mass is 16.5. The Hall–Kier alpha value is -1.95. The second-order valence-electron chi connectivity index (χ2n) is 7.69. The monoisotopic (exact) mass is 341 g/mol. The van der Waals surface area contributed by atoms with Crippen LogP contribution in [0.4, 0.5) is 0 Å². The minimum Gasteiger partial charge on any atom is -0.378 e. The highest BCUT2D eigenvalue weighted by molar-refractivity contribution is 6.06. The predicted octanol–water partition coefficient (Wildman–Crippen LogP) is 3.10. The zero-order valence-electron chi connectivity index (χ0n) is 14.5. The Balaban J connectivity index is 1.47. The standard InChI is InChI=1S/C19H23N3O3/c1-10-17-13(9-15(11-5-6-11)21-19(17)25-22-10)18(23)20-14-3-2-4-16-12(14)7-8-24-16/h9,11-12,14,16H,2-8H2,1H3,(H,20,23)/t12-,14-,16-/m1/s1. The van der Waals surface area contributed by atoms with Crippen LogP contribution in [0.3, 0.4) is 0 Å². The number of nitrogens with zero attached hydrogens (tertiary/aromatic N) is 2. The van der Waals surface area contributed by atoms with Gasteiger partial charge in [-0.15, -0.1) is 0 Å². The molecule has 132 valence electrons. The van der Waals surface area contributed by atoms with Crippen molar-refractivity contribution in [2.45, 2.75) is 63.5 Å². The molecule has 1 saturated heterocycles. The lowest BCUT2D eigenvalue weighted by Crippen LogP contribution is -2.45. The molecule has 0 spiro atoms. The summed E-state index contributed by atoms with van der Waals surface area (Å²) in [5.41, 5.74) is 2.82. The van der Waals surface area contributed by atoms with Gasteiger partial charge in [-0.2, -0.15) is 0 Å². The van der Waals surface area contributed by atoms with Gasteiger partial charge in [0.25, 0.3) is 11.6 Å². The maximum atomic E-state index is 13.1. The minimum absolute atomic E-state index is 0.0295. The zero-order chi connectivity index (χ0) is 17.0. The van der Waals surface area contributed by atoms with E-state index in [1.165, 1.54) is 0 Å². The summed E-state index contributed by atoms with van der Waals surface area (Å²) in [6.07, 6.45) is 6.89. The molecule has 2 aromatic rings. The van der Waals surface area contributed by atoms with Gasteiger partial charge in [0.15, 0.2) is 0 Å². The molecule has 0 unspecified atom stereocenters. The molecule has 1 aliphatic heterocycles. The average molecular weight is 341 g/mol. The molecule has 6 heteroatoms. The van der Waals surface area contributed by atoms with Gasteiger partial charge in [-0.05, 0) is 51.5 Å². The average Bonchev–Trinajstić information content (AvgIpc) is 3.24. The number of amides is 1. The third kappa shape index (κ3) is 2.63. The van der Waals surface area contributed by atoms with E-state index in [2.05, 4.69) is 15.5 Å². The van der Waals surface area contributed by atoms with Crippen LogP contribution in [-0.4, -0.2) is 34.8 Å². The summed E-state index contributed by atoms with van der Waals surface area (Å²) < 4.78 is 11.2. The first kappa shape index (κ1) is 15.3. The molecule has 3 heterocycles. The van der Waals surface area contributed by atoms with Crippen LogP contribution in [0.1, 0.15) is 66.2 Å². The van der Waals surface area contributed by atoms with Gasteiger partial charge >= 0.3 is 0 Å². The fourth-order valence-corrected chi connectivity index (χ4v) is 4.48. The van der Waals surface area contributed by atoms with E-state index in [1.807, 2.05) is 13.0 Å². The van der Waals surface area contributed by atoms with Crippen molar-refractivity contribution < 1.29 is 14.1 Å². The summed E-state index contributed by atoms with van der Waals surface area (Å²) in [5.74, 6) is 0.878. The molecular weight excluding hydrogens is 318 g/mol. The van der Waals surface area contributed by atoms with E-state index in [9.17, 15) is 4.79 Å². The van der Waals surface area contributed by atoms with Crippen molar-refractivity contribution in [1.82, 2.24) is 15.5 Å². The number of fused-ring (bicyclic) bond motifs is 2. The Morgan fingerprint density at radius 3 is 2.96 bits per heavy atom. The SMILES string of the molecule is Cc1noc2nc(C3CC3)cc(C(=O)N[C@@H]3CCC[C@H]4OCC[C@H]34)c12. The smallest absolute Gasteiger partial charge is 0.259 e. The van der Waals surface area contributed by atoms with Gasteiger partial charge in [0.1, 0.15) is 0 Å². The third-order valence-corrected chi connectivity index (χ3v) is 5.97. The second-order valence-corrected chi connectivity index (χ2v) is 7.69. The predicted molar refractivity (Wildman–Crippen MR) is 91.5 cm³/mol. The molecule has 0 bridgehead atoms. The topological polar surface area (TPSA) is 77.2 Å². The van der Waals surface area contributed by atoms with Crippen molar-refractivity contribution in [3.8, 4) is 0 Å². The number of aromatic nitrogens is 2. The fourth-order valence-electron chi connectivity index (χ4n) is 4.48. The normalized spacial score (nSPS) is 28.9. The molecule has 1 N–H and O–H groups in total. The van der Waals surface area contributed by atoms with Crippen LogP contribution in [0.5, 0.6) is 0 Å². The number of ether oxygens (including phenoxy) is 1. The van der Waals surface area contributed by atoms with Gasteiger partial charge in [0.2, 0.25) is 0 Å². The summed E-state index contributed by atoms with van der Waals surface area (Å²) >= 11 is 0. The molecule has 0 radical (unpaired) electrons. The number of nitrogens with one attached hydrogen (secondary N) is 1. The first-order valence-corrected chi connectivity index (χ1v) is 9.40. The summed E-state index contributed by atoms with van der Waals surface area (Å²) in [6.45, 7) is 2.68. The van der Waals surface area contributed by atoms with Crippen molar-refractivity contribution in [2.75, 3.05) is 6.61 Å². The zero-order valence-corrected chi connectivity index (χ0v) is 14.5. The highest BCUT2D eigenvalue weighted by Crippen LogP contribution is 2.40. The van der Waals surface area contributed by atoms with E-state index in [0.717, 1.165) is 61.9 Å². The van der Waals surface area contributed by atoms with Crippen LogP contribution in [0.15, 0.2) is 10.6 Å². The van der Waals surface area contributed by atoms with Crippen LogP contribution in [0, 0.1) is 12.8 Å². The third-order valence-electron chi connectivity index (χ3n) is 5.97. The number of hydrogen-bond acceptors (Lipinski definition) is 5. The van der Waals surface area contributed by atoms with E-state index in [0.29, 0.717) is 29.2 Å². The lowest BCUT2D eigenvalue weighted by Gasteiger charge is -2.33. The van der Waals surface area contributed by atoms with Crippen molar-refractivity contribution in [2.24, 2.45) is 5.92 Å². The lowest BCUT2D eigenvalue weighted by molar-refractivity contribution is 0.0510.